The topological polar surface area (TPSA) is 81.6 Å². The van der Waals surface area contributed by atoms with Crippen molar-refractivity contribution in [2.45, 2.75) is 18.8 Å². The van der Waals surface area contributed by atoms with Crippen molar-refractivity contribution >= 4 is 5.91 Å². The number of para-hydroxylation sites is 1. The fourth-order valence-electron chi connectivity index (χ4n) is 3.70. The smallest absolute Gasteiger partial charge is 0.253 e. The number of amides is 1. The van der Waals surface area contributed by atoms with Gasteiger partial charge in [0.1, 0.15) is 17.8 Å². The first-order valence-corrected chi connectivity index (χ1v) is 10.2. The SMILES string of the molecule is O=C(c1ccc(Oc2ccccc2)cc1)N1CCC(c2nnc(-c3ccoc3)o2)CC1. The molecule has 0 aliphatic carbocycles. The first kappa shape index (κ1) is 19.1. The molecule has 0 radical (unpaired) electrons. The van der Waals surface area contributed by atoms with Gasteiger partial charge in [0.15, 0.2) is 0 Å². The molecule has 2 aromatic carbocycles. The van der Waals surface area contributed by atoms with E-state index < -0.39 is 0 Å². The lowest BCUT2D eigenvalue weighted by atomic mass is 9.96. The van der Waals surface area contributed by atoms with Crippen molar-refractivity contribution in [2.75, 3.05) is 13.1 Å². The molecule has 4 aromatic rings. The molecule has 2 aromatic heterocycles. The number of hydrogen-bond donors (Lipinski definition) is 0. The molecule has 156 valence electrons. The maximum absolute atomic E-state index is 12.9. The van der Waals surface area contributed by atoms with Crippen molar-refractivity contribution in [2.24, 2.45) is 0 Å². The number of nitrogens with zero attached hydrogens (tertiary/aromatic N) is 3. The van der Waals surface area contributed by atoms with Gasteiger partial charge in [-0.05, 0) is 55.3 Å². The van der Waals surface area contributed by atoms with E-state index in [1.165, 1.54) is 0 Å². The van der Waals surface area contributed by atoms with Gasteiger partial charge in [0.2, 0.25) is 5.89 Å². The van der Waals surface area contributed by atoms with E-state index in [9.17, 15) is 4.79 Å². The van der Waals surface area contributed by atoms with Crippen LogP contribution in [0.4, 0.5) is 0 Å². The third-order valence-corrected chi connectivity index (χ3v) is 5.42. The molecule has 1 amide bonds. The van der Waals surface area contributed by atoms with Crippen molar-refractivity contribution in [3.05, 3.63) is 84.6 Å². The summed E-state index contributed by atoms with van der Waals surface area (Å²) in [6.45, 7) is 1.30. The van der Waals surface area contributed by atoms with Gasteiger partial charge in [-0.25, -0.2) is 0 Å². The van der Waals surface area contributed by atoms with E-state index in [1.54, 1.807) is 18.6 Å². The van der Waals surface area contributed by atoms with Crippen LogP contribution in [0, 0.1) is 0 Å². The van der Waals surface area contributed by atoms with Crippen LogP contribution < -0.4 is 4.74 Å². The van der Waals surface area contributed by atoms with Gasteiger partial charge in [-0.2, -0.15) is 0 Å². The minimum absolute atomic E-state index is 0.0225. The van der Waals surface area contributed by atoms with Gasteiger partial charge in [0.25, 0.3) is 11.8 Å². The van der Waals surface area contributed by atoms with E-state index in [2.05, 4.69) is 10.2 Å². The Balaban J connectivity index is 1.18. The van der Waals surface area contributed by atoms with Crippen LogP contribution in [0.1, 0.15) is 35.0 Å². The average Bonchev–Trinajstić information content (AvgIpc) is 3.52. The van der Waals surface area contributed by atoms with E-state index in [4.69, 9.17) is 13.6 Å². The van der Waals surface area contributed by atoms with E-state index in [1.807, 2.05) is 59.5 Å². The van der Waals surface area contributed by atoms with Crippen LogP contribution in [-0.2, 0) is 0 Å². The van der Waals surface area contributed by atoms with Gasteiger partial charge in [0, 0.05) is 24.6 Å². The summed E-state index contributed by atoms with van der Waals surface area (Å²) in [5.41, 5.74) is 1.42. The van der Waals surface area contributed by atoms with Gasteiger partial charge >= 0.3 is 0 Å². The zero-order valence-electron chi connectivity index (χ0n) is 16.8. The zero-order valence-corrected chi connectivity index (χ0v) is 16.8. The standard InChI is InChI=1S/C24H21N3O4/c28-24(18-6-8-21(9-7-18)30-20-4-2-1-3-5-20)27-13-10-17(11-14-27)22-25-26-23(31-22)19-12-15-29-16-19/h1-9,12,15-17H,10-11,13-14H2. The van der Waals surface area contributed by atoms with Crippen LogP contribution in [0.3, 0.4) is 0 Å². The molecule has 0 atom stereocenters. The van der Waals surface area contributed by atoms with Gasteiger partial charge in [-0.15, -0.1) is 10.2 Å². The molecular formula is C24H21N3O4. The van der Waals surface area contributed by atoms with Gasteiger partial charge < -0.3 is 18.5 Å². The molecule has 1 aliphatic rings. The summed E-state index contributed by atoms with van der Waals surface area (Å²) in [4.78, 5) is 14.8. The summed E-state index contributed by atoms with van der Waals surface area (Å²) >= 11 is 0. The Morgan fingerprint density at radius 1 is 0.935 bits per heavy atom. The summed E-state index contributed by atoms with van der Waals surface area (Å²) in [5.74, 6) is 2.71. The quantitative estimate of drug-likeness (QED) is 0.449. The molecule has 0 spiro atoms. The van der Waals surface area contributed by atoms with Crippen LogP contribution in [0.15, 0.2) is 82.0 Å². The fraction of sp³-hybridized carbons (Fsp3) is 0.208. The molecule has 0 unspecified atom stereocenters. The lowest BCUT2D eigenvalue weighted by Crippen LogP contribution is -2.38. The van der Waals surface area contributed by atoms with Crippen LogP contribution in [-0.4, -0.2) is 34.1 Å². The highest BCUT2D eigenvalue weighted by molar-refractivity contribution is 5.94. The maximum Gasteiger partial charge on any atom is 0.253 e. The summed E-state index contributed by atoms with van der Waals surface area (Å²) in [7, 11) is 0. The lowest BCUT2D eigenvalue weighted by molar-refractivity contribution is 0.0706. The van der Waals surface area contributed by atoms with Crippen molar-refractivity contribution in [1.82, 2.24) is 15.1 Å². The number of rotatable bonds is 5. The molecule has 1 fully saturated rings. The first-order chi connectivity index (χ1) is 15.3. The Hall–Kier alpha value is -3.87. The van der Waals surface area contributed by atoms with Crippen LogP contribution in [0.25, 0.3) is 11.5 Å². The van der Waals surface area contributed by atoms with Crippen LogP contribution in [0.2, 0.25) is 0 Å². The van der Waals surface area contributed by atoms with E-state index in [-0.39, 0.29) is 11.8 Å². The minimum atomic E-state index is 0.0225. The Morgan fingerprint density at radius 3 is 2.39 bits per heavy atom. The summed E-state index contributed by atoms with van der Waals surface area (Å²) in [5, 5.41) is 8.30. The number of carbonyl (C=O) groups is 1. The fourth-order valence-corrected chi connectivity index (χ4v) is 3.70. The maximum atomic E-state index is 12.9. The number of ether oxygens (including phenoxy) is 1. The molecule has 31 heavy (non-hydrogen) atoms. The molecule has 0 bridgehead atoms. The Morgan fingerprint density at radius 2 is 1.68 bits per heavy atom. The molecule has 1 saturated heterocycles. The number of hydrogen-bond acceptors (Lipinski definition) is 6. The molecule has 7 nitrogen and oxygen atoms in total. The molecule has 0 N–H and O–H groups in total. The predicted molar refractivity (Wildman–Crippen MR) is 113 cm³/mol. The van der Waals surface area contributed by atoms with Crippen molar-refractivity contribution in [3.63, 3.8) is 0 Å². The van der Waals surface area contributed by atoms with Crippen LogP contribution in [0.5, 0.6) is 11.5 Å². The molecule has 0 saturated carbocycles. The third kappa shape index (κ3) is 4.21. The molecule has 5 rings (SSSR count). The Bertz CT molecular complexity index is 1130. The second kappa shape index (κ2) is 8.47. The van der Waals surface area contributed by atoms with Crippen LogP contribution >= 0.6 is 0 Å². The number of aromatic nitrogens is 2. The molecule has 1 aliphatic heterocycles. The third-order valence-electron chi connectivity index (χ3n) is 5.42. The monoisotopic (exact) mass is 415 g/mol. The minimum Gasteiger partial charge on any atom is -0.472 e. The lowest BCUT2D eigenvalue weighted by Gasteiger charge is -2.30. The molecular weight excluding hydrogens is 394 g/mol. The van der Waals surface area contributed by atoms with E-state index in [0.29, 0.717) is 36.2 Å². The van der Waals surface area contributed by atoms with Gasteiger partial charge in [-0.1, -0.05) is 18.2 Å². The Kier molecular flexibility index (Phi) is 5.22. The van der Waals surface area contributed by atoms with Gasteiger partial charge in [-0.3, -0.25) is 4.79 Å². The summed E-state index contributed by atoms with van der Waals surface area (Å²) in [6, 6.07) is 18.6. The average molecular weight is 415 g/mol. The normalized spacial score (nSPS) is 14.5. The second-order valence-corrected chi connectivity index (χ2v) is 7.46. The van der Waals surface area contributed by atoms with E-state index >= 15 is 0 Å². The zero-order chi connectivity index (χ0) is 21.0. The van der Waals surface area contributed by atoms with Gasteiger partial charge in [0.05, 0.1) is 11.8 Å². The van der Waals surface area contributed by atoms with Crippen molar-refractivity contribution in [1.29, 1.82) is 0 Å². The molecule has 7 heteroatoms. The first-order valence-electron chi connectivity index (χ1n) is 10.2. The summed E-state index contributed by atoms with van der Waals surface area (Å²) < 4.78 is 16.7. The molecule has 3 heterocycles. The highest BCUT2D eigenvalue weighted by Gasteiger charge is 2.28. The number of likely N-dealkylation sites (tertiary alicyclic amines) is 1. The number of furan rings is 1. The number of piperidine rings is 1. The van der Waals surface area contributed by atoms with E-state index in [0.717, 1.165) is 24.2 Å². The highest BCUT2D eigenvalue weighted by atomic mass is 16.5. The number of benzene rings is 2. The highest BCUT2D eigenvalue weighted by Crippen LogP contribution is 2.30. The predicted octanol–water partition coefficient (Wildman–Crippen LogP) is 5.14. The number of carbonyl (C=O) groups excluding carboxylic acids is 1. The largest absolute Gasteiger partial charge is 0.472 e. The van der Waals surface area contributed by atoms with Crippen molar-refractivity contribution < 1.29 is 18.4 Å². The Labute approximate surface area is 179 Å². The second-order valence-electron chi connectivity index (χ2n) is 7.46. The van der Waals surface area contributed by atoms with Crippen molar-refractivity contribution in [3.8, 4) is 23.0 Å². The summed E-state index contributed by atoms with van der Waals surface area (Å²) in [6.07, 6.45) is 4.72.